The van der Waals surface area contributed by atoms with E-state index in [1.54, 1.807) is 25.3 Å². The van der Waals surface area contributed by atoms with Gasteiger partial charge in [0.05, 0.1) is 22.8 Å². The number of aliphatic imine (C=N–C) groups is 1. The summed E-state index contributed by atoms with van der Waals surface area (Å²) in [7, 11) is 0. The summed E-state index contributed by atoms with van der Waals surface area (Å²) in [5.41, 5.74) is 1.71. The van der Waals surface area contributed by atoms with Gasteiger partial charge in [-0.1, -0.05) is 17.7 Å². The zero-order valence-electron chi connectivity index (χ0n) is 18.1. The summed E-state index contributed by atoms with van der Waals surface area (Å²) in [4.78, 5) is 14.9. The van der Waals surface area contributed by atoms with Crippen molar-refractivity contribution in [3.05, 3.63) is 87.0 Å². The minimum Gasteiger partial charge on any atom is -0.490 e. The maximum Gasteiger partial charge on any atom is 0.416 e. The first kappa shape index (κ1) is 23.8. The number of aryl methyl sites for hydroxylation is 2. The molecule has 0 atom stereocenters. The highest BCUT2D eigenvalue weighted by molar-refractivity contribution is 5.83. The van der Waals surface area contributed by atoms with E-state index < -0.39 is 22.4 Å². The number of benzene rings is 3. The number of nitrogens with zero attached hydrogens (tertiary/aromatic N) is 2. The Hall–Kier alpha value is -3.88. The molecule has 3 aromatic rings. The molecule has 9 heteroatoms. The first-order valence-electron chi connectivity index (χ1n) is 10.00. The van der Waals surface area contributed by atoms with Crippen molar-refractivity contribution in [1.29, 1.82) is 0 Å². The number of ether oxygens (including phenoxy) is 2. The molecule has 33 heavy (non-hydrogen) atoms. The second-order valence-corrected chi connectivity index (χ2v) is 7.23. The first-order chi connectivity index (χ1) is 15.6. The molecule has 0 bridgehead atoms. The smallest absolute Gasteiger partial charge is 0.416 e. The maximum absolute atomic E-state index is 12.9. The second kappa shape index (κ2) is 9.72. The van der Waals surface area contributed by atoms with Crippen LogP contribution in [-0.2, 0) is 6.18 Å². The molecule has 0 unspecified atom stereocenters. The van der Waals surface area contributed by atoms with Crippen molar-refractivity contribution >= 4 is 17.6 Å². The lowest BCUT2D eigenvalue weighted by Gasteiger charge is -2.13. The third-order valence-electron chi connectivity index (χ3n) is 4.68. The summed E-state index contributed by atoms with van der Waals surface area (Å²) in [5, 5.41) is 11.3. The van der Waals surface area contributed by atoms with E-state index in [4.69, 9.17) is 9.47 Å². The number of hydrogen-bond donors (Lipinski definition) is 0. The third-order valence-corrected chi connectivity index (χ3v) is 4.68. The van der Waals surface area contributed by atoms with Crippen molar-refractivity contribution < 1.29 is 27.6 Å². The molecular formula is C24H21F3N2O4. The predicted molar refractivity (Wildman–Crippen MR) is 119 cm³/mol. The molecule has 0 aliphatic rings. The van der Waals surface area contributed by atoms with Crippen LogP contribution in [0.15, 0.2) is 59.6 Å². The lowest BCUT2D eigenvalue weighted by molar-refractivity contribution is -0.385. The summed E-state index contributed by atoms with van der Waals surface area (Å²) < 4.78 is 50.0. The van der Waals surface area contributed by atoms with E-state index in [1.165, 1.54) is 6.07 Å². The second-order valence-electron chi connectivity index (χ2n) is 7.23. The zero-order valence-corrected chi connectivity index (χ0v) is 18.1. The zero-order chi connectivity index (χ0) is 24.2. The topological polar surface area (TPSA) is 74.0 Å². The van der Waals surface area contributed by atoms with E-state index in [0.717, 1.165) is 28.9 Å². The normalized spacial score (nSPS) is 11.6. The summed E-state index contributed by atoms with van der Waals surface area (Å²) >= 11 is 0. The highest BCUT2D eigenvalue weighted by Crippen LogP contribution is 2.40. The third kappa shape index (κ3) is 5.88. The monoisotopic (exact) mass is 458 g/mol. The Balaban J connectivity index is 1.93. The van der Waals surface area contributed by atoms with E-state index >= 15 is 0 Å². The van der Waals surface area contributed by atoms with Crippen molar-refractivity contribution in [2.75, 3.05) is 6.61 Å². The quantitative estimate of drug-likeness (QED) is 0.214. The molecule has 0 aromatic heterocycles. The molecule has 3 rings (SSSR count). The van der Waals surface area contributed by atoms with Crippen LogP contribution in [0.5, 0.6) is 17.2 Å². The van der Waals surface area contributed by atoms with Crippen LogP contribution in [0.1, 0.15) is 29.2 Å². The molecule has 0 N–H and O–H groups in total. The molecule has 0 fully saturated rings. The van der Waals surface area contributed by atoms with Gasteiger partial charge in [-0.05, 0) is 68.3 Å². The van der Waals surface area contributed by atoms with Crippen molar-refractivity contribution in [1.82, 2.24) is 0 Å². The molecule has 0 radical (unpaired) electrons. The molecule has 3 aromatic carbocycles. The molecule has 0 spiro atoms. The Morgan fingerprint density at radius 3 is 2.36 bits per heavy atom. The molecule has 172 valence electrons. The van der Waals surface area contributed by atoms with E-state index in [1.807, 2.05) is 32.0 Å². The van der Waals surface area contributed by atoms with Crippen LogP contribution in [0.2, 0.25) is 0 Å². The van der Waals surface area contributed by atoms with Gasteiger partial charge in [0.15, 0.2) is 11.5 Å². The highest BCUT2D eigenvalue weighted by Gasteiger charge is 2.33. The minimum atomic E-state index is -4.71. The van der Waals surface area contributed by atoms with Gasteiger partial charge in [0.25, 0.3) is 0 Å². The van der Waals surface area contributed by atoms with Gasteiger partial charge < -0.3 is 9.47 Å². The number of alkyl halides is 3. The van der Waals surface area contributed by atoms with Crippen molar-refractivity contribution in [3.63, 3.8) is 0 Å². The Kier molecular flexibility index (Phi) is 7.01. The van der Waals surface area contributed by atoms with Crippen LogP contribution < -0.4 is 9.47 Å². The summed E-state index contributed by atoms with van der Waals surface area (Å²) in [6.07, 6.45) is -3.07. The van der Waals surface area contributed by atoms with Crippen LogP contribution in [0, 0.1) is 24.0 Å². The summed E-state index contributed by atoms with van der Waals surface area (Å²) in [6, 6.07) is 12.8. The molecule has 0 saturated heterocycles. The van der Waals surface area contributed by atoms with Gasteiger partial charge in [0.2, 0.25) is 5.75 Å². The largest absolute Gasteiger partial charge is 0.490 e. The van der Waals surface area contributed by atoms with Crippen LogP contribution in [0.25, 0.3) is 0 Å². The van der Waals surface area contributed by atoms with E-state index in [0.29, 0.717) is 11.6 Å². The molecule has 0 heterocycles. The van der Waals surface area contributed by atoms with Crippen LogP contribution >= 0.6 is 0 Å². The lowest BCUT2D eigenvalue weighted by atomic mass is 10.1. The molecule has 0 amide bonds. The van der Waals surface area contributed by atoms with Crippen molar-refractivity contribution in [2.45, 2.75) is 26.9 Å². The van der Waals surface area contributed by atoms with Gasteiger partial charge in [0, 0.05) is 12.3 Å². The Morgan fingerprint density at radius 2 is 1.73 bits per heavy atom. The van der Waals surface area contributed by atoms with Gasteiger partial charge in [-0.15, -0.1) is 0 Å². The number of hydrogen-bond acceptors (Lipinski definition) is 5. The molecule has 0 aliphatic heterocycles. The molecule has 0 aliphatic carbocycles. The van der Waals surface area contributed by atoms with Crippen molar-refractivity contribution in [2.24, 2.45) is 4.99 Å². The fraction of sp³-hybridized carbons (Fsp3) is 0.208. The number of halogens is 3. The highest BCUT2D eigenvalue weighted by atomic mass is 19.4. The van der Waals surface area contributed by atoms with Gasteiger partial charge in [-0.25, -0.2) is 0 Å². The average molecular weight is 458 g/mol. The van der Waals surface area contributed by atoms with Crippen LogP contribution in [0.4, 0.5) is 24.5 Å². The van der Waals surface area contributed by atoms with Gasteiger partial charge in [0.1, 0.15) is 0 Å². The standard InChI is InChI=1S/C24H21F3N2O4/c1-4-32-23-12-17(14-28-19-8-5-15(2)11-16(19)3)6-9-22(23)33-21-10-7-18(24(25,26)27)13-20(21)29(30)31/h5-14H,4H2,1-3H3. The van der Waals surface area contributed by atoms with Gasteiger partial charge in [-0.3, -0.25) is 15.1 Å². The first-order valence-corrected chi connectivity index (χ1v) is 10.00. The SMILES string of the molecule is CCOc1cc(C=Nc2ccc(C)cc2C)ccc1Oc1ccc(C(F)(F)F)cc1[N+](=O)[O-]. The van der Waals surface area contributed by atoms with Gasteiger partial charge >= 0.3 is 11.9 Å². The molecule has 0 saturated carbocycles. The molecule has 6 nitrogen and oxygen atoms in total. The van der Waals surface area contributed by atoms with Gasteiger partial charge in [-0.2, -0.15) is 13.2 Å². The van der Waals surface area contributed by atoms with E-state index in [9.17, 15) is 23.3 Å². The fourth-order valence-corrected chi connectivity index (χ4v) is 3.09. The van der Waals surface area contributed by atoms with E-state index in [2.05, 4.69) is 4.99 Å². The van der Waals surface area contributed by atoms with Crippen LogP contribution in [0.3, 0.4) is 0 Å². The Bertz CT molecular complexity index is 1210. The maximum atomic E-state index is 12.9. The lowest BCUT2D eigenvalue weighted by Crippen LogP contribution is -2.06. The number of nitro groups is 1. The molecular weight excluding hydrogens is 437 g/mol. The Morgan fingerprint density at radius 1 is 1.00 bits per heavy atom. The predicted octanol–water partition coefficient (Wildman–Crippen LogP) is 7.17. The summed E-state index contributed by atoms with van der Waals surface area (Å²) in [5.74, 6) is 0.0744. The fourth-order valence-electron chi connectivity index (χ4n) is 3.09. The number of nitro benzene ring substituents is 1. The van der Waals surface area contributed by atoms with Crippen molar-refractivity contribution in [3.8, 4) is 17.2 Å². The van der Waals surface area contributed by atoms with E-state index in [-0.39, 0.29) is 23.9 Å². The van der Waals surface area contributed by atoms with Crippen LogP contribution in [-0.4, -0.2) is 17.7 Å². The number of rotatable bonds is 7. The summed E-state index contributed by atoms with van der Waals surface area (Å²) in [6.45, 7) is 5.98. The minimum absolute atomic E-state index is 0.128. The average Bonchev–Trinajstić information content (AvgIpc) is 2.74. The Labute approximate surface area is 188 Å².